The van der Waals surface area contributed by atoms with E-state index in [2.05, 4.69) is 5.10 Å². The molecule has 1 aromatic carbocycles. The maximum Gasteiger partial charge on any atom is 0.356 e. The second-order valence-electron chi connectivity index (χ2n) is 5.58. The molecular formula is C15H18N2O3. The van der Waals surface area contributed by atoms with Crippen molar-refractivity contribution in [2.45, 2.75) is 26.2 Å². The summed E-state index contributed by atoms with van der Waals surface area (Å²) in [6.45, 7) is 6.06. The second-order valence-corrected chi connectivity index (χ2v) is 5.58. The van der Waals surface area contributed by atoms with Crippen molar-refractivity contribution in [3.05, 3.63) is 41.7 Å². The SMILES string of the molecule is COc1cccc(-n2nc(C(=O)O)cc2C(C)(C)C)c1. The molecule has 0 fully saturated rings. The van der Waals surface area contributed by atoms with Gasteiger partial charge in [0, 0.05) is 11.5 Å². The molecule has 0 atom stereocenters. The Morgan fingerprint density at radius 1 is 1.30 bits per heavy atom. The summed E-state index contributed by atoms with van der Waals surface area (Å²) in [6.07, 6.45) is 0. The van der Waals surface area contributed by atoms with Crippen LogP contribution in [0.1, 0.15) is 37.0 Å². The van der Waals surface area contributed by atoms with Gasteiger partial charge in [-0.05, 0) is 18.2 Å². The van der Waals surface area contributed by atoms with Crippen molar-refractivity contribution < 1.29 is 14.6 Å². The highest BCUT2D eigenvalue weighted by Gasteiger charge is 2.24. The quantitative estimate of drug-likeness (QED) is 0.934. The van der Waals surface area contributed by atoms with Crippen LogP contribution in [0.15, 0.2) is 30.3 Å². The fraction of sp³-hybridized carbons (Fsp3) is 0.333. The van der Waals surface area contributed by atoms with Gasteiger partial charge in [-0.3, -0.25) is 0 Å². The van der Waals surface area contributed by atoms with Crippen molar-refractivity contribution in [3.8, 4) is 11.4 Å². The summed E-state index contributed by atoms with van der Waals surface area (Å²) in [5.41, 5.74) is 1.44. The molecule has 106 valence electrons. The van der Waals surface area contributed by atoms with Gasteiger partial charge in [-0.1, -0.05) is 26.8 Å². The molecule has 0 amide bonds. The number of aromatic nitrogens is 2. The molecule has 0 unspecified atom stereocenters. The van der Waals surface area contributed by atoms with Crippen LogP contribution < -0.4 is 4.74 Å². The number of carboxylic acids is 1. The van der Waals surface area contributed by atoms with E-state index in [-0.39, 0.29) is 11.1 Å². The van der Waals surface area contributed by atoms with E-state index in [1.807, 2.05) is 45.0 Å². The fourth-order valence-corrected chi connectivity index (χ4v) is 1.96. The summed E-state index contributed by atoms with van der Waals surface area (Å²) in [5.74, 6) is -0.327. The molecule has 5 nitrogen and oxygen atoms in total. The van der Waals surface area contributed by atoms with Gasteiger partial charge in [-0.25, -0.2) is 9.48 Å². The van der Waals surface area contributed by atoms with Crippen LogP contribution in [-0.2, 0) is 5.41 Å². The van der Waals surface area contributed by atoms with E-state index in [1.54, 1.807) is 17.9 Å². The van der Waals surface area contributed by atoms with Gasteiger partial charge < -0.3 is 9.84 Å². The Kier molecular flexibility index (Phi) is 3.53. The molecule has 2 rings (SSSR count). The molecule has 0 aliphatic heterocycles. The number of ether oxygens (including phenoxy) is 1. The first-order chi connectivity index (χ1) is 9.32. The van der Waals surface area contributed by atoms with Crippen LogP contribution >= 0.6 is 0 Å². The Morgan fingerprint density at radius 3 is 2.55 bits per heavy atom. The monoisotopic (exact) mass is 274 g/mol. The van der Waals surface area contributed by atoms with E-state index in [4.69, 9.17) is 9.84 Å². The van der Waals surface area contributed by atoms with E-state index in [9.17, 15) is 4.79 Å². The lowest BCUT2D eigenvalue weighted by Gasteiger charge is -2.20. The topological polar surface area (TPSA) is 64.4 Å². The molecule has 0 radical (unpaired) electrons. The van der Waals surface area contributed by atoms with Gasteiger partial charge in [0.1, 0.15) is 5.75 Å². The van der Waals surface area contributed by atoms with Gasteiger partial charge in [0.2, 0.25) is 0 Å². The van der Waals surface area contributed by atoms with E-state index in [0.29, 0.717) is 5.75 Å². The Bertz CT molecular complexity index is 639. The summed E-state index contributed by atoms with van der Waals surface area (Å²) in [6, 6.07) is 9.00. The Labute approximate surface area is 117 Å². The molecule has 2 aromatic rings. The van der Waals surface area contributed by atoms with Crippen molar-refractivity contribution in [1.29, 1.82) is 0 Å². The van der Waals surface area contributed by atoms with E-state index < -0.39 is 5.97 Å². The lowest BCUT2D eigenvalue weighted by molar-refractivity contribution is 0.0690. The number of methoxy groups -OCH3 is 1. The molecule has 5 heteroatoms. The molecule has 0 saturated carbocycles. The predicted molar refractivity (Wildman–Crippen MR) is 75.8 cm³/mol. The van der Waals surface area contributed by atoms with Crippen molar-refractivity contribution in [2.75, 3.05) is 7.11 Å². The molecule has 1 heterocycles. The zero-order valence-corrected chi connectivity index (χ0v) is 12.0. The van der Waals surface area contributed by atoms with Crippen molar-refractivity contribution in [3.63, 3.8) is 0 Å². The van der Waals surface area contributed by atoms with Gasteiger partial charge in [-0.2, -0.15) is 5.10 Å². The van der Waals surface area contributed by atoms with Crippen molar-refractivity contribution in [1.82, 2.24) is 9.78 Å². The third kappa shape index (κ3) is 2.66. The highest BCUT2D eigenvalue weighted by Crippen LogP contribution is 2.27. The van der Waals surface area contributed by atoms with Crippen LogP contribution in [0.4, 0.5) is 0 Å². The van der Waals surface area contributed by atoms with Gasteiger partial charge in [0.15, 0.2) is 5.69 Å². The molecular weight excluding hydrogens is 256 g/mol. The van der Waals surface area contributed by atoms with Gasteiger partial charge in [0.05, 0.1) is 18.5 Å². The molecule has 0 bridgehead atoms. The number of nitrogens with zero attached hydrogens (tertiary/aromatic N) is 2. The maximum absolute atomic E-state index is 11.1. The minimum absolute atomic E-state index is 0.0396. The zero-order chi connectivity index (χ0) is 14.9. The number of hydrogen-bond acceptors (Lipinski definition) is 3. The van der Waals surface area contributed by atoms with Crippen LogP contribution in [0.25, 0.3) is 5.69 Å². The Hall–Kier alpha value is -2.30. The number of aromatic carboxylic acids is 1. The molecule has 0 aliphatic rings. The number of hydrogen-bond donors (Lipinski definition) is 1. The van der Waals surface area contributed by atoms with Crippen LogP contribution in [-0.4, -0.2) is 28.0 Å². The molecule has 1 N–H and O–H groups in total. The summed E-state index contributed by atoms with van der Waals surface area (Å²) in [4.78, 5) is 11.1. The van der Waals surface area contributed by atoms with Gasteiger partial charge in [-0.15, -0.1) is 0 Å². The van der Waals surface area contributed by atoms with E-state index >= 15 is 0 Å². The largest absolute Gasteiger partial charge is 0.497 e. The number of rotatable bonds is 3. The molecule has 20 heavy (non-hydrogen) atoms. The summed E-state index contributed by atoms with van der Waals surface area (Å²) >= 11 is 0. The first-order valence-corrected chi connectivity index (χ1v) is 6.31. The van der Waals surface area contributed by atoms with Crippen molar-refractivity contribution >= 4 is 5.97 Å². The molecule has 0 aliphatic carbocycles. The third-order valence-electron chi connectivity index (χ3n) is 2.99. The first-order valence-electron chi connectivity index (χ1n) is 6.31. The van der Waals surface area contributed by atoms with Crippen molar-refractivity contribution in [2.24, 2.45) is 0 Å². The lowest BCUT2D eigenvalue weighted by Crippen LogP contribution is -2.17. The second kappa shape index (κ2) is 5.00. The summed E-state index contributed by atoms with van der Waals surface area (Å²) in [5, 5.41) is 13.3. The van der Waals surface area contributed by atoms with Gasteiger partial charge >= 0.3 is 5.97 Å². The fourth-order valence-electron chi connectivity index (χ4n) is 1.96. The van der Waals surface area contributed by atoms with Crippen LogP contribution in [0.3, 0.4) is 0 Å². The smallest absolute Gasteiger partial charge is 0.356 e. The van der Waals surface area contributed by atoms with Crippen LogP contribution in [0, 0.1) is 0 Å². The average molecular weight is 274 g/mol. The number of benzene rings is 1. The Morgan fingerprint density at radius 2 is 2.00 bits per heavy atom. The zero-order valence-electron chi connectivity index (χ0n) is 12.0. The summed E-state index contributed by atoms with van der Waals surface area (Å²) < 4.78 is 6.86. The molecule has 0 spiro atoms. The van der Waals surface area contributed by atoms with Crippen LogP contribution in [0.2, 0.25) is 0 Å². The predicted octanol–water partition coefficient (Wildman–Crippen LogP) is 2.88. The normalized spacial score (nSPS) is 11.4. The van der Waals surface area contributed by atoms with E-state index in [1.165, 1.54) is 0 Å². The maximum atomic E-state index is 11.1. The minimum atomic E-state index is -1.03. The van der Waals surface area contributed by atoms with E-state index in [0.717, 1.165) is 11.4 Å². The number of carbonyl (C=O) groups is 1. The average Bonchev–Trinajstić information content (AvgIpc) is 2.84. The molecule has 0 saturated heterocycles. The van der Waals surface area contributed by atoms with Crippen LogP contribution in [0.5, 0.6) is 5.75 Å². The third-order valence-corrected chi connectivity index (χ3v) is 2.99. The first kappa shape index (κ1) is 14.1. The minimum Gasteiger partial charge on any atom is -0.497 e. The highest BCUT2D eigenvalue weighted by atomic mass is 16.5. The van der Waals surface area contributed by atoms with Gasteiger partial charge in [0.25, 0.3) is 0 Å². The summed E-state index contributed by atoms with van der Waals surface area (Å²) in [7, 11) is 1.59. The lowest BCUT2D eigenvalue weighted by atomic mass is 9.91. The Balaban J connectivity index is 2.62. The molecule has 1 aromatic heterocycles. The highest BCUT2D eigenvalue weighted by molar-refractivity contribution is 5.85. The standard InChI is InChI=1S/C15H18N2O3/c1-15(2,3)13-9-12(14(18)19)16-17(13)10-6-5-7-11(8-10)20-4/h5-9H,1-4H3,(H,18,19). The number of carboxylic acid groups (broad SMARTS) is 1.